The number of carbonyl (C=O) groups is 1. The quantitative estimate of drug-likeness (QED) is 0.236. The van der Waals surface area contributed by atoms with Crippen molar-refractivity contribution in [3.05, 3.63) is 113 Å². The zero-order valence-corrected chi connectivity index (χ0v) is 21.4. The minimum absolute atomic E-state index is 0.0294. The van der Waals surface area contributed by atoms with Gasteiger partial charge in [0, 0.05) is 52.5 Å². The molecule has 0 radical (unpaired) electrons. The Kier molecular flexibility index (Phi) is 6.77. The highest BCUT2D eigenvalue weighted by Gasteiger charge is 2.26. The predicted molar refractivity (Wildman–Crippen MR) is 147 cm³/mol. The van der Waals surface area contributed by atoms with Crippen molar-refractivity contribution in [2.75, 3.05) is 0 Å². The van der Waals surface area contributed by atoms with Crippen LogP contribution in [-0.4, -0.2) is 26.6 Å². The molecule has 36 heavy (non-hydrogen) atoms. The van der Waals surface area contributed by atoms with Crippen LogP contribution in [-0.2, 0) is 13.5 Å². The molecule has 0 fully saturated rings. The van der Waals surface area contributed by atoms with Gasteiger partial charge < -0.3 is 10.3 Å². The first-order chi connectivity index (χ1) is 17.4. The van der Waals surface area contributed by atoms with Crippen molar-refractivity contribution in [2.45, 2.75) is 32.4 Å². The van der Waals surface area contributed by atoms with Crippen LogP contribution >= 0.6 is 11.6 Å². The van der Waals surface area contributed by atoms with Gasteiger partial charge in [-0.1, -0.05) is 66.2 Å². The van der Waals surface area contributed by atoms with Crippen molar-refractivity contribution >= 4 is 28.3 Å². The second kappa shape index (κ2) is 10.1. The van der Waals surface area contributed by atoms with E-state index in [0.29, 0.717) is 5.56 Å². The number of fused-ring (bicyclic) bond motifs is 1. The van der Waals surface area contributed by atoms with Gasteiger partial charge in [0.05, 0.1) is 12.2 Å². The average Bonchev–Trinajstić information content (AvgIpc) is 3.50. The SMILES string of the molecule is Cc1ccc(C[C@H](C)N[C@H](C(=O)c2c[nH]c3cc(-c4cnn(C)c4)ccc23)c2ccccc2)c(Cl)c1. The number of carbonyl (C=O) groups excluding carboxylic acids is 1. The van der Waals surface area contributed by atoms with Gasteiger partial charge in [0.15, 0.2) is 5.78 Å². The number of ketones is 1. The summed E-state index contributed by atoms with van der Waals surface area (Å²) in [5.74, 6) is 0.0310. The van der Waals surface area contributed by atoms with E-state index in [-0.39, 0.29) is 11.8 Å². The summed E-state index contributed by atoms with van der Waals surface area (Å²) in [6, 6.07) is 21.7. The molecule has 5 rings (SSSR count). The van der Waals surface area contributed by atoms with E-state index in [9.17, 15) is 4.79 Å². The molecule has 0 bridgehead atoms. The first kappa shape index (κ1) is 24.0. The molecule has 0 aliphatic rings. The third-order valence-electron chi connectivity index (χ3n) is 6.57. The topological polar surface area (TPSA) is 62.7 Å². The van der Waals surface area contributed by atoms with Crippen molar-refractivity contribution in [2.24, 2.45) is 7.05 Å². The van der Waals surface area contributed by atoms with Crippen LogP contribution in [0.3, 0.4) is 0 Å². The van der Waals surface area contributed by atoms with E-state index in [4.69, 9.17) is 11.6 Å². The fourth-order valence-corrected chi connectivity index (χ4v) is 5.01. The summed E-state index contributed by atoms with van der Waals surface area (Å²) in [7, 11) is 1.90. The van der Waals surface area contributed by atoms with Crippen molar-refractivity contribution in [1.82, 2.24) is 20.1 Å². The second-order valence-corrected chi connectivity index (χ2v) is 9.85. The maximum absolute atomic E-state index is 14.0. The van der Waals surface area contributed by atoms with Crippen molar-refractivity contribution in [1.29, 1.82) is 0 Å². The Morgan fingerprint density at radius 2 is 1.89 bits per heavy atom. The Hall–Kier alpha value is -3.67. The molecular formula is C30H29ClN4O. The fraction of sp³-hybridized carbons (Fsp3) is 0.200. The van der Waals surface area contributed by atoms with Crippen LogP contribution in [0.15, 0.2) is 85.3 Å². The largest absolute Gasteiger partial charge is 0.360 e. The molecular weight excluding hydrogens is 468 g/mol. The zero-order valence-electron chi connectivity index (χ0n) is 20.6. The number of aromatic nitrogens is 3. The Labute approximate surface area is 216 Å². The molecule has 2 atom stereocenters. The number of H-pyrrole nitrogens is 1. The molecule has 0 aliphatic heterocycles. The van der Waals surface area contributed by atoms with Gasteiger partial charge in [-0.15, -0.1) is 0 Å². The molecule has 0 saturated heterocycles. The Morgan fingerprint density at radius 1 is 1.08 bits per heavy atom. The van der Waals surface area contributed by atoms with E-state index >= 15 is 0 Å². The molecule has 0 unspecified atom stereocenters. The van der Waals surface area contributed by atoms with Gasteiger partial charge in [-0.25, -0.2) is 0 Å². The summed E-state index contributed by atoms with van der Waals surface area (Å²) in [5.41, 5.74) is 6.82. The van der Waals surface area contributed by atoms with Crippen LogP contribution in [0.25, 0.3) is 22.0 Å². The van der Waals surface area contributed by atoms with Crippen molar-refractivity contribution in [3.8, 4) is 11.1 Å². The molecule has 0 saturated carbocycles. The first-order valence-corrected chi connectivity index (χ1v) is 12.5. The van der Waals surface area contributed by atoms with Gasteiger partial charge in [-0.05, 0) is 54.7 Å². The van der Waals surface area contributed by atoms with E-state index in [1.807, 2.05) is 81.1 Å². The number of hydrogen-bond donors (Lipinski definition) is 2. The standard InChI is InChI=1S/C30H29ClN4O/c1-19-9-10-23(27(31)13-19)14-20(2)34-29(21-7-5-4-6-8-21)30(36)26-17-32-28-15-22(11-12-25(26)28)24-16-33-35(3)18-24/h4-13,15-18,20,29,32,34H,14H2,1-3H3/t20-,29-/m0/s1. The number of benzene rings is 3. The van der Waals surface area contributed by atoms with E-state index in [2.05, 4.69) is 40.5 Å². The summed E-state index contributed by atoms with van der Waals surface area (Å²) in [4.78, 5) is 17.3. The van der Waals surface area contributed by atoms with Gasteiger partial charge in [0.2, 0.25) is 0 Å². The van der Waals surface area contributed by atoms with Gasteiger partial charge in [-0.2, -0.15) is 5.10 Å². The summed E-state index contributed by atoms with van der Waals surface area (Å²) < 4.78 is 1.78. The highest BCUT2D eigenvalue weighted by Crippen LogP contribution is 2.29. The third-order valence-corrected chi connectivity index (χ3v) is 6.92. The molecule has 2 N–H and O–H groups in total. The lowest BCUT2D eigenvalue weighted by molar-refractivity contribution is 0.0938. The highest BCUT2D eigenvalue weighted by molar-refractivity contribution is 6.31. The van der Waals surface area contributed by atoms with Gasteiger partial charge >= 0.3 is 0 Å². The maximum atomic E-state index is 14.0. The maximum Gasteiger partial charge on any atom is 0.186 e. The Balaban J connectivity index is 1.44. The number of aromatic amines is 1. The van der Waals surface area contributed by atoms with Crippen LogP contribution in [0.1, 0.15) is 40.0 Å². The highest BCUT2D eigenvalue weighted by atomic mass is 35.5. The monoisotopic (exact) mass is 496 g/mol. The second-order valence-electron chi connectivity index (χ2n) is 9.44. The molecule has 2 aromatic heterocycles. The molecule has 5 aromatic rings. The minimum Gasteiger partial charge on any atom is -0.360 e. The lowest BCUT2D eigenvalue weighted by atomic mass is 9.95. The summed E-state index contributed by atoms with van der Waals surface area (Å²) >= 11 is 6.49. The fourth-order valence-electron chi connectivity index (χ4n) is 4.70. The smallest absolute Gasteiger partial charge is 0.186 e. The number of nitrogens with one attached hydrogen (secondary N) is 2. The molecule has 5 nitrogen and oxygen atoms in total. The third kappa shape index (κ3) is 4.99. The summed E-state index contributed by atoms with van der Waals surface area (Å²) in [5, 5.41) is 9.51. The number of halogens is 1. The molecule has 0 spiro atoms. The number of nitrogens with zero attached hydrogens (tertiary/aromatic N) is 2. The predicted octanol–water partition coefficient (Wildman–Crippen LogP) is 6.68. The number of hydrogen-bond acceptors (Lipinski definition) is 3. The number of rotatable bonds is 8. The summed E-state index contributed by atoms with van der Waals surface area (Å²) in [6.07, 6.45) is 6.36. The molecule has 0 amide bonds. The van der Waals surface area contributed by atoms with Crippen LogP contribution in [0.4, 0.5) is 0 Å². The Bertz CT molecular complexity index is 1520. The first-order valence-electron chi connectivity index (χ1n) is 12.1. The van der Waals surface area contributed by atoms with Crippen molar-refractivity contribution in [3.63, 3.8) is 0 Å². The van der Waals surface area contributed by atoms with Crippen LogP contribution in [0.2, 0.25) is 5.02 Å². The minimum atomic E-state index is -0.484. The van der Waals surface area contributed by atoms with Crippen molar-refractivity contribution < 1.29 is 4.79 Å². The lowest BCUT2D eigenvalue weighted by Gasteiger charge is -2.23. The lowest BCUT2D eigenvalue weighted by Crippen LogP contribution is -2.36. The van der Waals surface area contributed by atoms with Gasteiger partial charge in [0.25, 0.3) is 0 Å². The molecule has 182 valence electrons. The Morgan fingerprint density at radius 3 is 2.61 bits per heavy atom. The van der Waals surface area contributed by atoms with Crippen LogP contribution in [0.5, 0.6) is 0 Å². The normalized spacial score (nSPS) is 13.1. The van der Waals surface area contributed by atoms with E-state index in [1.54, 1.807) is 4.68 Å². The van der Waals surface area contributed by atoms with Crippen LogP contribution < -0.4 is 5.32 Å². The average molecular weight is 497 g/mol. The molecule has 0 aliphatic carbocycles. The number of Topliss-reactive ketones (excluding diaryl/α,β-unsaturated/α-hetero) is 1. The van der Waals surface area contributed by atoms with Crippen LogP contribution in [0, 0.1) is 6.92 Å². The van der Waals surface area contributed by atoms with E-state index in [0.717, 1.165) is 50.2 Å². The zero-order chi connectivity index (χ0) is 25.2. The molecule has 3 aromatic carbocycles. The number of aryl methyl sites for hydroxylation is 2. The van der Waals surface area contributed by atoms with E-state index < -0.39 is 6.04 Å². The molecule has 6 heteroatoms. The van der Waals surface area contributed by atoms with Gasteiger partial charge in [0.1, 0.15) is 0 Å². The summed E-state index contributed by atoms with van der Waals surface area (Å²) in [6.45, 7) is 4.12. The van der Waals surface area contributed by atoms with Gasteiger partial charge in [-0.3, -0.25) is 9.48 Å². The van der Waals surface area contributed by atoms with E-state index in [1.165, 1.54) is 0 Å². The molecule has 2 heterocycles.